The Bertz CT molecular complexity index is 354. The van der Waals surface area contributed by atoms with Crippen molar-refractivity contribution in [2.24, 2.45) is 11.7 Å². The lowest BCUT2D eigenvalue weighted by atomic mass is 10.0. The number of hydrogen-bond acceptors (Lipinski definition) is 2. The van der Waals surface area contributed by atoms with Crippen molar-refractivity contribution < 1.29 is 0 Å². The van der Waals surface area contributed by atoms with Crippen molar-refractivity contribution in [1.82, 2.24) is 4.90 Å². The van der Waals surface area contributed by atoms with Crippen molar-refractivity contribution in [1.29, 1.82) is 0 Å². The highest BCUT2D eigenvalue weighted by molar-refractivity contribution is 5.25. The lowest BCUT2D eigenvalue weighted by Gasteiger charge is -2.24. The van der Waals surface area contributed by atoms with Gasteiger partial charge in [0.25, 0.3) is 0 Å². The van der Waals surface area contributed by atoms with E-state index < -0.39 is 0 Å². The van der Waals surface area contributed by atoms with Gasteiger partial charge >= 0.3 is 0 Å². The Morgan fingerprint density at radius 2 is 1.89 bits per heavy atom. The van der Waals surface area contributed by atoms with E-state index in [2.05, 4.69) is 43.0 Å². The molecule has 1 aliphatic rings. The first kappa shape index (κ1) is 13.6. The minimum absolute atomic E-state index is 0.148. The predicted octanol–water partition coefficient (Wildman–Crippen LogP) is 2.98. The second-order valence-electron chi connectivity index (χ2n) is 5.50. The molecule has 0 heterocycles. The smallest absolute Gasteiger partial charge is 0.0424 e. The summed E-state index contributed by atoms with van der Waals surface area (Å²) < 4.78 is 0. The van der Waals surface area contributed by atoms with Gasteiger partial charge in [0.1, 0.15) is 0 Å². The number of likely N-dealkylation sites (N-methyl/N-ethyl adjacent to an activating group) is 1. The average Bonchev–Trinajstić information content (AvgIpc) is 3.22. The van der Waals surface area contributed by atoms with Crippen molar-refractivity contribution in [3.05, 3.63) is 35.4 Å². The first-order chi connectivity index (χ1) is 8.72. The van der Waals surface area contributed by atoms with Crippen molar-refractivity contribution in [3.63, 3.8) is 0 Å². The van der Waals surface area contributed by atoms with Gasteiger partial charge in [0.05, 0.1) is 0 Å². The van der Waals surface area contributed by atoms with Crippen LogP contribution in [0.1, 0.15) is 43.9 Å². The van der Waals surface area contributed by atoms with Crippen LogP contribution >= 0.6 is 0 Å². The fraction of sp³-hybridized carbons (Fsp3) is 0.625. The molecule has 1 atom stereocenters. The zero-order valence-electron chi connectivity index (χ0n) is 11.7. The zero-order valence-corrected chi connectivity index (χ0v) is 11.7. The first-order valence-electron chi connectivity index (χ1n) is 7.29. The first-order valence-corrected chi connectivity index (χ1v) is 7.29. The molecule has 1 unspecified atom stereocenters. The highest BCUT2D eigenvalue weighted by Crippen LogP contribution is 2.30. The molecule has 1 aromatic carbocycles. The van der Waals surface area contributed by atoms with Gasteiger partial charge in [0.2, 0.25) is 0 Å². The van der Waals surface area contributed by atoms with Crippen LogP contribution in [-0.2, 0) is 6.42 Å². The third-order valence-corrected chi connectivity index (χ3v) is 3.93. The minimum Gasteiger partial charge on any atom is -0.323 e. The molecule has 2 nitrogen and oxygen atoms in total. The summed E-state index contributed by atoms with van der Waals surface area (Å²) in [5.41, 5.74) is 8.97. The molecule has 0 radical (unpaired) electrons. The Kier molecular flexibility index (Phi) is 4.79. The lowest BCUT2D eigenvalue weighted by Crippen LogP contribution is -2.33. The fourth-order valence-electron chi connectivity index (χ4n) is 2.38. The molecule has 0 aromatic heterocycles. The van der Waals surface area contributed by atoms with Crippen LogP contribution in [0.3, 0.4) is 0 Å². The van der Waals surface area contributed by atoms with Gasteiger partial charge in [-0.15, -0.1) is 0 Å². The molecule has 2 N–H and O–H groups in total. The summed E-state index contributed by atoms with van der Waals surface area (Å²) in [7, 11) is 0. The monoisotopic (exact) mass is 246 g/mol. The summed E-state index contributed by atoms with van der Waals surface area (Å²) in [5.74, 6) is 0.944. The molecular weight excluding hydrogens is 220 g/mol. The lowest BCUT2D eigenvalue weighted by molar-refractivity contribution is 0.260. The van der Waals surface area contributed by atoms with Gasteiger partial charge in [-0.25, -0.2) is 0 Å². The van der Waals surface area contributed by atoms with Crippen molar-refractivity contribution in [3.8, 4) is 0 Å². The number of rotatable bonds is 7. The third kappa shape index (κ3) is 3.82. The van der Waals surface area contributed by atoms with Crippen LogP contribution in [0.15, 0.2) is 24.3 Å². The number of nitrogens with zero attached hydrogens (tertiary/aromatic N) is 1. The molecule has 0 bridgehead atoms. The van der Waals surface area contributed by atoms with E-state index in [-0.39, 0.29) is 6.04 Å². The summed E-state index contributed by atoms with van der Waals surface area (Å²) in [4.78, 5) is 2.50. The molecule has 1 fully saturated rings. The Morgan fingerprint density at radius 1 is 1.22 bits per heavy atom. The third-order valence-electron chi connectivity index (χ3n) is 3.93. The van der Waals surface area contributed by atoms with Crippen LogP contribution in [0.2, 0.25) is 0 Å². The van der Waals surface area contributed by atoms with Gasteiger partial charge in [-0.3, -0.25) is 0 Å². The van der Waals surface area contributed by atoms with E-state index in [0.29, 0.717) is 0 Å². The molecule has 100 valence electrons. The van der Waals surface area contributed by atoms with E-state index in [0.717, 1.165) is 25.4 Å². The second-order valence-corrected chi connectivity index (χ2v) is 5.50. The maximum atomic E-state index is 6.32. The highest BCUT2D eigenvalue weighted by Gasteiger charge is 2.24. The maximum Gasteiger partial charge on any atom is 0.0424 e. The van der Waals surface area contributed by atoms with Crippen LogP contribution in [0.25, 0.3) is 0 Å². The number of benzene rings is 1. The van der Waals surface area contributed by atoms with Crippen molar-refractivity contribution >= 4 is 0 Å². The molecule has 0 spiro atoms. The normalized spacial score (nSPS) is 17.1. The molecule has 2 heteroatoms. The van der Waals surface area contributed by atoms with Crippen LogP contribution < -0.4 is 5.73 Å². The fourth-order valence-corrected chi connectivity index (χ4v) is 2.38. The van der Waals surface area contributed by atoms with Gasteiger partial charge in [0.15, 0.2) is 0 Å². The highest BCUT2D eigenvalue weighted by atomic mass is 15.1. The van der Waals surface area contributed by atoms with Gasteiger partial charge in [-0.1, -0.05) is 38.1 Å². The summed E-state index contributed by atoms with van der Waals surface area (Å²) in [6.07, 6.45) is 3.92. The Hall–Kier alpha value is -0.860. The van der Waals surface area contributed by atoms with E-state index in [4.69, 9.17) is 5.73 Å². The van der Waals surface area contributed by atoms with E-state index in [9.17, 15) is 0 Å². The topological polar surface area (TPSA) is 29.3 Å². The number of nitrogens with two attached hydrogens (primary N) is 1. The summed E-state index contributed by atoms with van der Waals surface area (Å²) in [5, 5.41) is 0. The van der Waals surface area contributed by atoms with E-state index in [1.54, 1.807) is 0 Å². The van der Waals surface area contributed by atoms with Crippen LogP contribution in [0.4, 0.5) is 0 Å². The summed E-state index contributed by atoms with van der Waals surface area (Å²) in [6.45, 7) is 7.74. The van der Waals surface area contributed by atoms with Crippen LogP contribution in [0, 0.1) is 5.92 Å². The molecule has 1 aromatic rings. The second kappa shape index (κ2) is 6.35. The number of aryl methyl sites for hydroxylation is 1. The molecule has 2 rings (SSSR count). The van der Waals surface area contributed by atoms with Crippen molar-refractivity contribution in [2.75, 3.05) is 19.6 Å². The maximum absolute atomic E-state index is 6.32. The predicted molar refractivity (Wildman–Crippen MR) is 77.6 cm³/mol. The van der Waals surface area contributed by atoms with Gasteiger partial charge in [-0.05, 0) is 42.9 Å². The Morgan fingerprint density at radius 3 is 2.39 bits per heavy atom. The molecule has 1 saturated carbocycles. The molecule has 0 aliphatic heterocycles. The van der Waals surface area contributed by atoms with E-state index >= 15 is 0 Å². The van der Waals surface area contributed by atoms with Crippen LogP contribution in [0.5, 0.6) is 0 Å². The average molecular weight is 246 g/mol. The summed E-state index contributed by atoms with van der Waals surface area (Å²) >= 11 is 0. The zero-order chi connectivity index (χ0) is 13.0. The molecule has 18 heavy (non-hydrogen) atoms. The summed E-state index contributed by atoms with van der Waals surface area (Å²) in [6, 6.07) is 8.93. The SMILES string of the molecule is CCc1ccc(C(N)CN(CC)CC2CC2)cc1. The Labute approximate surface area is 111 Å². The number of hydrogen-bond donors (Lipinski definition) is 1. The standard InChI is InChI=1S/C16H26N2/c1-3-13-7-9-15(10-8-13)16(17)12-18(4-2)11-14-5-6-14/h7-10,14,16H,3-6,11-12,17H2,1-2H3. The van der Waals surface area contributed by atoms with Gasteiger partial charge in [0, 0.05) is 19.1 Å². The molecule has 0 saturated heterocycles. The molecule has 0 amide bonds. The quantitative estimate of drug-likeness (QED) is 0.801. The van der Waals surface area contributed by atoms with Crippen LogP contribution in [-0.4, -0.2) is 24.5 Å². The van der Waals surface area contributed by atoms with Gasteiger partial charge in [-0.2, -0.15) is 0 Å². The largest absolute Gasteiger partial charge is 0.323 e. The van der Waals surface area contributed by atoms with E-state index in [1.807, 2.05) is 0 Å². The molecular formula is C16H26N2. The van der Waals surface area contributed by atoms with Gasteiger partial charge < -0.3 is 10.6 Å². The Balaban J connectivity index is 1.89. The van der Waals surface area contributed by atoms with E-state index in [1.165, 1.54) is 30.5 Å². The minimum atomic E-state index is 0.148. The molecule has 1 aliphatic carbocycles. The van der Waals surface area contributed by atoms with Crippen molar-refractivity contribution in [2.45, 2.75) is 39.2 Å².